The molecule has 0 unspecified atom stereocenters. The van der Waals surface area contributed by atoms with E-state index in [0.717, 1.165) is 11.3 Å². The van der Waals surface area contributed by atoms with Gasteiger partial charge in [0.15, 0.2) is 0 Å². The molecule has 20 heavy (non-hydrogen) atoms. The first-order valence-electron chi connectivity index (χ1n) is 6.85. The second-order valence-electron chi connectivity index (χ2n) is 6.17. The molecule has 0 amide bonds. The molecular formula is C15H22BNO3. The normalized spacial score (nSPS) is 21.3. The summed E-state index contributed by atoms with van der Waals surface area (Å²) in [7, 11) is -0.536. The first-order chi connectivity index (χ1) is 9.27. The number of hydrogen-bond acceptors (Lipinski definition) is 4. The van der Waals surface area contributed by atoms with Crippen molar-refractivity contribution in [1.29, 1.82) is 0 Å². The zero-order chi connectivity index (χ0) is 15.0. The highest BCUT2D eigenvalue weighted by Gasteiger charge is 2.52. The molecule has 0 aromatic carbocycles. The van der Waals surface area contributed by atoms with Gasteiger partial charge in [0.25, 0.3) is 0 Å². The molecule has 0 radical (unpaired) electrons. The summed E-state index contributed by atoms with van der Waals surface area (Å²) in [4.78, 5) is 4.31. The third-order valence-electron chi connectivity index (χ3n) is 4.11. The van der Waals surface area contributed by atoms with Crippen LogP contribution in [0.5, 0.6) is 0 Å². The maximum Gasteiger partial charge on any atom is 0.492 e. The Morgan fingerprint density at radius 1 is 1.30 bits per heavy atom. The van der Waals surface area contributed by atoms with Crippen molar-refractivity contribution in [3.8, 4) is 0 Å². The summed E-state index contributed by atoms with van der Waals surface area (Å²) in [5.41, 5.74) is 1.74. The molecule has 1 saturated heterocycles. The lowest BCUT2D eigenvalue weighted by atomic mass is 9.78. The monoisotopic (exact) mass is 275 g/mol. The maximum atomic E-state index is 9.62. The average molecular weight is 275 g/mol. The molecular weight excluding hydrogens is 253 g/mol. The Kier molecular flexibility index (Phi) is 4.05. The van der Waals surface area contributed by atoms with E-state index in [2.05, 4.69) is 4.98 Å². The van der Waals surface area contributed by atoms with Crippen LogP contribution in [0.2, 0.25) is 0 Å². The fourth-order valence-corrected chi connectivity index (χ4v) is 2.01. The highest BCUT2D eigenvalue weighted by molar-refractivity contribution is 6.55. The SMILES string of the molecule is Cc1cccnc1C=C(CO)B1OC(C)(C)C(C)(C)O1. The molecule has 1 fully saturated rings. The molecule has 0 saturated carbocycles. The minimum Gasteiger partial charge on any atom is -0.400 e. The van der Waals surface area contributed by atoms with Gasteiger partial charge in [0.1, 0.15) is 0 Å². The van der Waals surface area contributed by atoms with Crippen molar-refractivity contribution < 1.29 is 14.4 Å². The Labute approximate surface area is 121 Å². The predicted molar refractivity (Wildman–Crippen MR) is 80.1 cm³/mol. The van der Waals surface area contributed by atoms with E-state index in [4.69, 9.17) is 9.31 Å². The molecule has 2 heterocycles. The first-order valence-corrected chi connectivity index (χ1v) is 6.85. The predicted octanol–water partition coefficient (Wildman–Crippen LogP) is 2.40. The molecule has 1 aromatic heterocycles. The van der Waals surface area contributed by atoms with Crippen molar-refractivity contribution in [1.82, 2.24) is 4.98 Å². The number of aromatic nitrogens is 1. The van der Waals surface area contributed by atoms with Gasteiger partial charge in [-0.3, -0.25) is 4.98 Å². The maximum absolute atomic E-state index is 9.62. The van der Waals surface area contributed by atoms with Crippen LogP contribution in [0.4, 0.5) is 0 Å². The van der Waals surface area contributed by atoms with E-state index in [1.165, 1.54) is 0 Å². The second kappa shape index (κ2) is 5.32. The Morgan fingerprint density at radius 3 is 2.40 bits per heavy atom. The van der Waals surface area contributed by atoms with Crippen molar-refractivity contribution in [2.24, 2.45) is 0 Å². The van der Waals surface area contributed by atoms with Gasteiger partial charge in [-0.2, -0.15) is 0 Å². The molecule has 0 spiro atoms. The van der Waals surface area contributed by atoms with Crippen molar-refractivity contribution in [2.45, 2.75) is 45.8 Å². The van der Waals surface area contributed by atoms with Crippen LogP contribution in [0.15, 0.2) is 23.8 Å². The number of pyridine rings is 1. The van der Waals surface area contributed by atoms with Crippen LogP contribution in [0.3, 0.4) is 0 Å². The van der Waals surface area contributed by atoms with E-state index in [1.54, 1.807) is 6.20 Å². The standard InChI is InChI=1S/C15H22BNO3/c1-11-7-6-8-17-13(11)9-12(10-18)16-19-14(2,3)15(4,5)20-16/h6-9,18H,10H2,1-5H3. The van der Waals surface area contributed by atoms with E-state index in [1.807, 2.05) is 52.8 Å². The van der Waals surface area contributed by atoms with Gasteiger partial charge >= 0.3 is 7.12 Å². The van der Waals surface area contributed by atoms with Crippen molar-refractivity contribution in [2.75, 3.05) is 6.61 Å². The van der Waals surface area contributed by atoms with E-state index < -0.39 is 18.3 Å². The smallest absolute Gasteiger partial charge is 0.400 e. The molecule has 0 aliphatic carbocycles. The van der Waals surface area contributed by atoms with Crippen LogP contribution < -0.4 is 0 Å². The van der Waals surface area contributed by atoms with Gasteiger partial charge in [-0.15, -0.1) is 0 Å². The van der Waals surface area contributed by atoms with E-state index in [-0.39, 0.29) is 6.61 Å². The van der Waals surface area contributed by atoms with Gasteiger partial charge in [-0.1, -0.05) is 6.07 Å². The average Bonchev–Trinajstić information content (AvgIpc) is 2.57. The Balaban J connectivity index is 2.29. The minimum atomic E-state index is -0.536. The number of aliphatic hydroxyl groups excluding tert-OH is 1. The number of aliphatic hydroxyl groups is 1. The number of nitrogens with zero attached hydrogens (tertiary/aromatic N) is 1. The highest BCUT2D eigenvalue weighted by Crippen LogP contribution is 2.38. The summed E-state index contributed by atoms with van der Waals surface area (Å²) >= 11 is 0. The summed E-state index contributed by atoms with van der Waals surface area (Å²) in [6.45, 7) is 9.84. The summed E-state index contributed by atoms with van der Waals surface area (Å²) in [6.07, 6.45) is 3.58. The number of rotatable bonds is 3. The van der Waals surface area contributed by atoms with Crippen molar-refractivity contribution >= 4 is 13.2 Å². The van der Waals surface area contributed by atoms with Crippen LogP contribution in [-0.2, 0) is 9.31 Å². The second-order valence-corrected chi connectivity index (χ2v) is 6.17. The summed E-state index contributed by atoms with van der Waals surface area (Å²) < 4.78 is 11.9. The van der Waals surface area contributed by atoms with Crippen LogP contribution in [0, 0.1) is 6.92 Å². The van der Waals surface area contributed by atoms with Gasteiger partial charge in [0, 0.05) is 6.20 Å². The highest BCUT2D eigenvalue weighted by atomic mass is 16.7. The third kappa shape index (κ3) is 2.80. The van der Waals surface area contributed by atoms with Crippen LogP contribution in [0.1, 0.15) is 39.0 Å². The Morgan fingerprint density at radius 2 is 1.90 bits per heavy atom. The van der Waals surface area contributed by atoms with E-state index in [0.29, 0.717) is 5.47 Å². The van der Waals surface area contributed by atoms with Crippen molar-refractivity contribution in [3.05, 3.63) is 35.1 Å². The molecule has 1 aromatic rings. The van der Waals surface area contributed by atoms with Crippen molar-refractivity contribution in [3.63, 3.8) is 0 Å². The molecule has 5 heteroatoms. The minimum absolute atomic E-state index is 0.118. The molecule has 0 bridgehead atoms. The first kappa shape index (κ1) is 15.2. The van der Waals surface area contributed by atoms with Gasteiger partial charge in [-0.25, -0.2) is 0 Å². The lowest BCUT2D eigenvalue weighted by molar-refractivity contribution is 0.00578. The summed E-state index contributed by atoms with van der Waals surface area (Å²) in [5.74, 6) is 0. The van der Waals surface area contributed by atoms with Gasteiger partial charge in [0.2, 0.25) is 0 Å². The molecule has 1 aliphatic heterocycles. The summed E-state index contributed by atoms with van der Waals surface area (Å²) in [5, 5.41) is 9.62. The quantitative estimate of drug-likeness (QED) is 0.860. The fraction of sp³-hybridized carbons (Fsp3) is 0.533. The number of hydrogen-bond donors (Lipinski definition) is 1. The Bertz CT molecular complexity index is 510. The largest absolute Gasteiger partial charge is 0.492 e. The molecule has 2 rings (SSSR count). The molecule has 0 atom stereocenters. The van der Waals surface area contributed by atoms with E-state index in [9.17, 15) is 5.11 Å². The zero-order valence-electron chi connectivity index (χ0n) is 12.8. The molecule has 1 aliphatic rings. The molecule has 4 nitrogen and oxygen atoms in total. The third-order valence-corrected chi connectivity index (χ3v) is 4.11. The molecule has 1 N–H and O–H groups in total. The summed E-state index contributed by atoms with van der Waals surface area (Å²) in [6, 6.07) is 3.87. The molecule has 108 valence electrons. The topological polar surface area (TPSA) is 51.6 Å². The van der Waals surface area contributed by atoms with Gasteiger partial charge in [0.05, 0.1) is 23.5 Å². The Hall–Kier alpha value is -1.17. The zero-order valence-corrected chi connectivity index (χ0v) is 12.8. The lowest BCUT2D eigenvalue weighted by Gasteiger charge is -2.32. The fourth-order valence-electron chi connectivity index (χ4n) is 2.01. The van der Waals surface area contributed by atoms with Gasteiger partial charge in [-0.05, 0) is 57.8 Å². The van der Waals surface area contributed by atoms with Crippen LogP contribution in [0.25, 0.3) is 6.08 Å². The lowest BCUT2D eigenvalue weighted by Crippen LogP contribution is -2.41. The van der Waals surface area contributed by atoms with Crippen LogP contribution >= 0.6 is 0 Å². The van der Waals surface area contributed by atoms with Gasteiger partial charge < -0.3 is 14.4 Å². The van der Waals surface area contributed by atoms with Crippen LogP contribution in [-0.4, -0.2) is 35.0 Å². The van der Waals surface area contributed by atoms with E-state index >= 15 is 0 Å². The number of aryl methyl sites for hydroxylation is 1.